The highest BCUT2D eigenvalue weighted by molar-refractivity contribution is 5.24. The lowest BCUT2D eigenvalue weighted by Gasteiger charge is -2.18. The van der Waals surface area contributed by atoms with Crippen LogP contribution in [0, 0.1) is 0 Å². The average Bonchev–Trinajstić information content (AvgIpc) is 2.68. The lowest BCUT2D eigenvalue weighted by Crippen LogP contribution is -2.06. The second kappa shape index (κ2) is 17.0. The molecule has 1 heteroatoms. The van der Waals surface area contributed by atoms with Gasteiger partial charge in [-0.15, -0.1) is 0 Å². The quantitative estimate of drug-likeness (QED) is 0.185. The van der Waals surface area contributed by atoms with Crippen LogP contribution in [0.2, 0.25) is 0 Å². The van der Waals surface area contributed by atoms with Gasteiger partial charge in [0.25, 0.3) is 0 Å². The van der Waals surface area contributed by atoms with E-state index in [-0.39, 0.29) is 6.10 Å². The summed E-state index contributed by atoms with van der Waals surface area (Å²) in [6.45, 7) is 9.28. The standard InChI is InChI=1S/C26H44O/c1-4-5-6-7-8-9-10-11-12-13-14-15-16-20-23-27-26(24(2)3)25-21-18-17-19-22-25/h17-19,21-22,26H,2,4-16,20,23H2,1,3H3. The van der Waals surface area contributed by atoms with E-state index in [1.807, 2.05) is 6.07 Å². The van der Waals surface area contributed by atoms with E-state index < -0.39 is 0 Å². The normalized spacial score (nSPS) is 12.2. The molecule has 0 fully saturated rings. The summed E-state index contributed by atoms with van der Waals surface area (Å²) >= 11 is 0. The molecule has 27 heavy (non-hydrogen) atoms. The maximum Gasteiger partial charge on any atom is 0.103 e. The van der Waals surface area contributed by atoms with Crippen LogP contribution < -0.4 is 0 Å². The zero-order valence-electron chi connectivity index (χ0n) is 18.2. The smallest absolute Gasteiger partial charge is 0.103 e. The fourth-order valence-electron chi connectivity index (χ4n) is 3.65. The summed E-state index contributed by atoms with van der Waals surface area (Å²) < 4.78 is 6.10. The molecule has 1 atom stereocenters. The van der Waals surface area contributed by atoms with Crippen molar-refractivity contribution in [3.05, 3.63) is 48.0 Å². The number of ether oxygens (including phenoxy) is 1. The van der Waals surface area contributed by atoms with Gasteiger partial charge in [-0.05, 0) is 24.5 Å². The first kappa shape index (κ1) is 24.0. The van der Waals surface area contributed by atoms with E-state index >= 15 is 0 Å². The lowest BCUT2D eigenvalue weighted by atomic mass is 10.0. The van der Waals surface area contributed by atoms with Gasteiger partial charge in [0.15, 0.2) is 0 Å². The van der Waals surface area contributed by atoms with E-state index in [9.17, 15) is 0 Å². The van der Waals surface area contributed by atoms with E-state index in [0.717, 1.165) is 18.6 Å². The van der Waals surface area contributed by atoms with Crippen LogP contribution in [0.15, 0.2) is 42.5 Å². The van der Waals surface area contributed by atoms with Crippen LogP contribution in [0.3, 0.4) is 0 Å². The molecule has 0 radical (unpaired) electrons. The first-order valence-corrected chi connectivity index (χ1v) is 11.6. The second-order valence-corrected chi connectivity index (χ2v) is 8.10. The first-order chi connectivity index (χ1) is 13.3. The molecule has 0 aliphatic carbocycles. The lowest BCUT2D eigenvalue weighted by molar-refractivity contribution is 0.0744. The molecule has 0 aliphatic rings. The van der Waals surface area contributed by atoms with E-state index in [2.05, 4.69) is 44.7 Å². The molecule has 1 nitrogen and oxygen atoms in total. The largest absolute Gasteiger partial charge is 0.369 e. The number of hydrogen-bond acceptors (Lipinski definition) is 1. The Hall–Kier alpha value is -1.08. The van der Waals surface area contributed by atoms with E-state index in [4.69, 9.17) is 4.74 Å². The Balaban J connectivity index is 1.90. The molecule has 154 valence electrons. The van der Waals surface area contributed by atoms with Crippen LogP contribution in [-0.2, 0) is 4.74 Å². The van der Waals surface area contributed by atoms with E-state index in [0.29, 0.717) is 0 Å². The molecule has 0 spiro atoms. The third-order valence-corrected chi connectivity index (χ3v) is 5.33. The molecule has 1 unspecified atom stereocenters. The summed E-state index contributed by atoms with van der Waals surface area (Å²) in [6.07, 6.45) is 19.5. The highest BCUT2D eigenvalue weighted by Gasteiger charge is 2.11. The van der Waals surface area contributed by atoms with Crippen molar-refractivity contribution in [2.75, 3.05) is 6.61 Å². The first-order valence-electron chi connectivity index (χ1n) is 11.6. The Morgan fingerprint density at radius 1 is 0.741 bits per heavy atom. The Labute approximate surface area is 169 Å². The topological polar surface area (TPSA) is 9.23 Å². The zero-order valence-corrected chi connectivity index (χ0v) is 18.2. The van der Waals surface area contributed by atoms with Crippen LogP contribution in [0.1, 0.15) is 115 Å². The van der Waals surface area contributed by atoms with E-state index in [1.54, 1.807) is 0 Å². The van der Waals surface area contributed by atoms with Crippen molar-refractivity contribution in [2.24, 2.45) is 0 Å². The highest BCUT2D eigenvalue weighted by Crippen LogP contribution is 2.24. The third kappa shape index (κ3) is 12.8. The summed E-state index contributed by atoms with van der Waals surface area (Å²) in [6, 6.07) is 10.4. The predicted molar refractivity (Wildman–Crippen MR) is 120 cm³/mol. The summed E-state index contributed by atoms with van der Waals surface area (Å²) in [4.78, 5) is 0. The summed E-state index contributed by atoms with van der Waals surface area (Å²) in [5.74, 6) is 0. The van der Waals surface area contributed by atoms with Gasteiger partial charge in [-0.2, -0.15) is 0 Å². The van der Waals surface area contributed by atoms with E-state index in [1.165, 1.54) is 89.0 Å². The Kier molecular flexibility index (Phi) is 15.1. The van der Waals surface area contributed by atoms with Gasteiger partial charge in [0.1, 0.15) is 6.10 Å². The molecule has 1 aromatic rings. The van der Waals surface area contributed by atoms with Crippen LogP contribution in [-0.4, -0.2) is 6.61 Å². The van der Waals surface area contributed by atoms with Gasteiger partial charge < -0.3 is 4.74 Å². The van der Waals surface area contributed by atoms with Gasteiger partial charge in [0.05, 0.1) is 0 Å². The van der Waals surface area contributed by atoms with Crippen molar-refractivity contribution in [3.8, 4) is 0 Å². The van der Waals surface area contributed by atoms with Gasteiger partial charge in [0, 0.05) is 6.61 Å². The van der Waals surface area contributed by atoms with Gasteiger partial charge in [-0.1, -0.05) is 127 Å². The Morgan fingerprint density at radius 2 is 1.19 bits per heavy atom. The molecular formula is C26H44O. The third-order valence-electron chi connectivity index (χ3n) is 5.33. The monoisotopic (exact) mass is 372 g/mol. The maximum atomic E-state index is 6.10. The minimum absolute atomic E-state index is 0.0492. The minimum Gasteiger partial charge on any atom is -0.369 e. The van der Waals surface area contributed by atoms with Crippen molar-refractivity contribution < 1.29 is 4.74 Å². The van der Waals surface area contributed by atoms with Crippen molar-refractivity contribution in [2.45, 2.75) is 110 Å². The fourth-order valence-corrected chi connectivity index (χ4v) is 3.65. The molecular weight excluding hydrogens is 328 g/mol. The van der Waals surface area contributed by atoms with Gasteiger partial charge >= 0.3 is 0 Å². The molecule has 0 bridgehead atoms. The second-order valence-electron chi connectivity index (χ2n) is 8.10. The molecule has 0 aromatic heterocycles. The molecule has 0 amide bonds. The van der Waals surface area contributed by atoms with Gasteiger partial charge in [-0.25, -0.2) is 0 Å². The average molecular weight is 373 g/mol. The Morgan fingerprint density at radius 3 is 1.63 bits per heavy atom. The maximum absolute atomic E-state index is 6.10. The summed E-state index contributed by atoms with van der Waals surface area (Å²) in [5.41, 5.74) is 2.31. The van der Waals surface area contributed by atoms with Crippen molar-refractivity contribution in [1.29, 1.82) is 0 Å². The SMILES string of the molecule is C=C(C)C(OCCCCCCCCCCCCCCCC)c1ccccc1. The van der Waals surface area contributed by atoms with Crippen LogP contribution >= 0.6 is 0 Å². The predicted octanol–water partition coefficient (Wildman–Crippen LogP) is 8.80. The zero-order chi connectivity index (χ0) is 19.6. The Bertz CT molecular complexity index is 451. The molecule has 0 aliphatic heterocycles. The fraction of sp³-hybridized carbons (Fsp3) is 0.692. The van der Waals surface area contributed by atoms with Crippen molar-refractivity contribution >= 4 is 0 Å². The molecule has 1 rings (SSSR count). The number of rotatable bonds is 18. The van der Waals surface area contributed by atoms with Crippen LogP contribution in [0.5, 0.6) is 0 Å². The van der Waals surface area contributed by atoms with Gasteiger partial charge in [0.2, 0.25) is 0 Å². The number of unbranched alkanes of at least 4 members (excludes halogenated alkanes) is 13. The van der Waals surface area contributed by atoms with Crippen molar-refractivity contribution in [1.82, 2.24) is 0 Å². The summed E-state index contributed by atoms with van der Waals surface area (Å²) in [5, 5.41) is 0. The van der Waals surface area contributed by atoms with Crippen LogP contribution in [0.25, 0.3) is 0 Å². The molecule has 0 N–H and O–H groups in total. The molecule has 0 heterocycles. The molecule has 0 saturated carbocycles. The van der Waals surface area contributed by atoms with Gasteiger partial charge in [-0.3, -0.25) is 0 Å². The number of benzene rings is 1. The molecule has 0 saturated heterocycles. The van der Waals surface area contributed by atoms with Crippen molar-refractivity contribution in [3.63, 3.8) is 0 Å². The highest BCUT2D eigenvalue weighted by atomic mass is 16.5. The summed E-state index contributed by atoms with van der Waals surface area (Å²) in [7, 11) is 0. The number of hydrogen-bond donors (Lipinski definition) is 0. The van der Waals surface area contributed by atoms with Crippen LogP contribution in [0.4, 0.5) is 0 Å². The molecule has 1 aromatic carbocycles. The minimum atomic E-state index is 0.0492.